The van der Waals surface area contributed by atoms with E-state index in [0.717, 1.165) is 0 Å². The number of hydrogen-bond acceptors (Lipinski definition) is 7. The highest BCUT2D eigenvalue weighted by Gasteiger charge is 2.19. The van der Waals surface area contributed by atoms with E-state index >= 15 is 0 Å². The number of aliphatic hydroxyl groups is 1. The predicted molar refractivity (Wildman–Crippen MR) is 44.3 cm³/mol. The van der Waals surface area contributed by atoms with Gasteiger partial charge in [-0.25, -0.2) is 4.79 Å². The highest BCUT2D eigenvalue weighted by molar-refractivity contribution is 5.84. The lowest BCUT2D eigenvalue weighted by molar-refractivity contribution is 0.0508. The van der Waals surface area contributed by atoms with E-state index in [9.17, 15) is 9.90 Å². The molecule has 0 aliphatic carbocycles. The number of carbonyl (C=O) groups excluding carboxylic acids is 1. The molecule has 78 valence electrons. The van der Waals surface area contributed by atoms with Gasteiger partial charge in [0.15, 0.2) is 0 Å². The van der Waals surface area contributed by atoms with Crippen LogP contribution in [0.4, 0.5) is 0 Å². The van der Waals surface area contributed by atoms with Gasteiger partial charge < -0.3 is 20.1 Å². The molecule has 0 spiro atoms. The summed E-state index contributed by atoms with van der Waals surface area (Å²) in [5.74, 6) is -0.989. The molecule has 0 aromatic carbocycles. The number of aromatic nitrogens is 2. The summed E-state index contributed by atoms with van der Waals surface area (Å²) in [7, 11) is 0. The van der Waals surface area contributed by atoms with Crippen LogP contribution in [0, 0.1) is 0 Å². The van der Waals surface area contributed by atoms with Crippen LogP contribution in [0.1, 0.15) is 29.5 Å². The molecule has 7 heteroatoms. The fourth-order valence-corrected chi connectivity index (χ4v) is 0.750. The van der Waals surface area contributed by atoms with E-state index in [4.69, 9.17) is 5.73 Å². The van der Waals surface area contributed by atoms with Gasteiger partial charge in [-0.3, -0.25) is 0 Å². The molecule has 14 heavy (non-hydrogen) atoms. The third-order valence-corrected chi connectivity index (χ3v) is 1.41. The molecule has 1 atom stereocenters. The van der Waals surface area contributed by atoms with Crippen LogP contribution in [-0.2, 0) is 4.74 Å². The largest absolute Gasteiger partial charge is 0.460 e. The summed E-state index contributed by atoms with van der Waals surface area (Å²) < 4.78 is 9.21. The predicted octanol–water partition coefficient (Wildman–Crippen LogP) is -0.762. The van der Waals surface area contributed by atoms with Gasteiger partial charge in [0.25, 0.3) is 11.7 Å². The zero-order valence-electron chi connectivity index (χ0n) is 7.64. The first-order valence-corrected chi connectivity index (χ1v) is 4.07. The Kier molecular flexibility index (Phi) is 3.55. The normalized spacial score (nSPS) is 12.5. The maximum Gasteiger partial charge on any atom is 0.379 e. The summed E-state index contributed by atoms with van der Waals surface area (Å²) in [5, 5.41) is 12.5. The molecule has 0 bridgehead atoms. The van der Waals surface area contributed by atoms with Crippen LogP contribution < -0.4 is 5.73 Å². The molecule has 1 rings (SSSR count). The standard InChI is InChI=1S/C7H11N3O4/c1-2-13-7(12)5-9-6(14-10-5)4(11)3-8/h4,11H,2-3,8H2,1H3/t4-/m0/s1. The highest BCUT2D eigenvalue weighted by atomic mass is 16.5. The molecule has 1 heterocycles. The molecule has 0 aliphatic heterocycles. The van der Waals surface area contributed by atoms with Crippen molar-refractivity contribution in [2.24, 2.45) is 5.73 Å². The van der Waals surface area contributed by atoms with E-state index in [0.29, 0.717) is 0 Å². The fraction of sp³-hybridized carbons (Fsp3) is 0.571. The molecule has 1 aromatic rings. The van der Waals surface area contributed by atoms with Crippen molar-refractivity contribution >= 4 is 5.97 Å². The van der Waals surface area contributed by atoms with Gasteiger partial charge in [0.1, 0.15) is 6.10 Å². The topological polar surface area (TPSA) is 111 Å². The van der Waals surface area contributed by atoms with Gasteiger partial charge in [0, 0.05) is 6.54 Å². The smallest absolute Gasteiger partial charge is 0.379 e. The average Bonchev–Trinajstić information content (AvgIpc) is 2.66. The third kappa shape index (κ3) is 2.27. The SMILES string of the molecule is CCOC(=O)c1noc([C@@H](O)CN)n1. The van der Waals surface area contributed by atoms with E-state index in [1.54, 1.807) is 6.92 Å². The van der Waals surface area contributed by atoms with Gasteiger partial charge in [-0.15, -0.1) is 0 Å². The minimum Gasteiger partial charge on any atom is -0.460 e. The fourth-order valence-electron chi connectivity index (χ4n) is 0.750. The van der Waals surface area contributed by atoms with E-state index < -0.39 is 12.1 Å². The molecule has 3 N–H and O–H groups in total. The first kappa shape index (κ1) is 10.6. The van der Waals surface area contributed by atoms with Crippen molar-refractivity contribution < 1.29 is 19.2 Å². The highest BCUT2D eigenvalue weighted by Crippen LogP contribution is 2.08. The summed E-state index contributed by atoms with van der Waals surface area (Å²) in [6.07, 6.45) is -1.05. The van der Waals surface area contributed by atoms with E-state index in [1.807, 2.05) is 0 Å². The molecule has 7 nitrogen and oxygen atoms in total. The van der Waals surface area contributed by atoms with Gasteiger partial charge in [-0.05, 0) is 12.1 Å². The lowest BCUT2D eigenvalue weighted by Gasteiger charge is -1.98. The Labute approximate surface area is 79.9 Å². The number of nitrogens with two attached hydrogens (primary N) is 1. The summed E-state index contributed by atoms with van der Waals surface area (Å²) in [4.78, 5) is 14.7. The molecular formula is C7H11N3O4. The first-order chi connectivity index (χ1) is 6.69. The van der Waals surface area contributed by atoms with Crippen LogP contribution in [0.15, 0.2) is 4.52 Å². The molecule has 1 aromatic heterocycles. The summed E-state index contributed by atoms with van der Waals surface area (Å²) >= 11 is 0. The van der Waals surface area contributed by atoms with Crippen molar-refractivity contribution in [3.05, 3.63) is 11.7 Å². The van der Waals surface area contributed by atoms with E-state index in [1.165, 1.54) is 0 Å². The number of ether oxygens (including phenoxy) is 1. The average molecular weight is 201 g/mol. The Bertz CT molecular complexity index is 312. The number of hydrogen-bond donors (Lipinski definition) is 2. The zero-order valence-corrected chi connectivity index (χ0v) is 7.64. The summed E-state index contributed by atoms with van der Waals surface area (Å²) in [6.45, 7) is 1.83. The van der Waals surface area contributed by atoms with Crippen molar-refractivity contribution in [1.29, 1.82) is 0 Å². The Morgan fingerprint density at radius 2 is 2.50 bits per heavy atom. The Hall–Kier alpha value is -1.47. The lowest BCUT2D eigenvalue weighted by atomic mass is 10.4. The van der Waals surface area contributed by atoms with Crippen molar-refractivity contribution in [3.63, 3.8) is 0 Å². The Morgan fingerprint density at radius 1 is 1.79 bits per heavy atom. The number of nitrogens with zero attached hydrogens (tertiary/aromatic N) is 2. The van der Waals surface area contributed by atoms with Crippen molar-refractivity contribution in [2.45, 2.75) is 13.0 Å². The van der Waals surface area contributed by atoms with Gasteiger partial charge in [-0.2, -0.15) is 4.98 Å². The van der Waals surface area contributed by atoms with Crippen LogP contribution >= 0.6 is 0 Å². The number of esters is 1. The van der Waals surface area contributed by atoms with Crippen LogP contribution in [0.5, 0.6) is 0 Å². The van der Waals surface area contributed by atoms with Crippen LogP contribution in [0.25, 0.3) is 0 Å². The molecule has 0 fully saturated rings. The second kappa shape index (κ2) is 4.68. The Morgan fingerprint density at radius 3 is 3.07 bits per heavy atom. The third-order valence-electron chi connectivity index (χ3n) is 1.41. The van der Waals surface area contributed by atoms with Gasteiger partial charge >= 0.3 is 5.97 Å². The van der Waals surface area contributed by atoms with Gasteiger partial charge in [0.05, 0.1) is 6.61 Å². The lowest BCUT2D eigenvalue weighted by Crippen LogP contribution is -2.12. The minimum absolute atomic E-state index is 0.0511. The molecule has 0 saturated carbocycles. The van der Waals surface area contributed by atoms with Crippen LogP contribution in [-0.4, -0.2) is 34.4 Å². The molecular weight excluding hydrogens is 190 g/mol. The van der Waals surface area contributed by atoms with E-state index in [-0.39, 0.29) is 24.9 Å². The van der Waals surface area contributed by atoms with Crippen molar-refractivity contribution in [2.75, 3.05) is 13.2 Å². The number of carbonyl (C=O) groups is 1. The molecule has 0 unspecified atom stereocenters. The second-order valence-electron chi connectivity index (χ2n) is 2.43. The summed E-state index contributed by atoms with van der Waals surface area (Å²) in [5.41, 5.74) is 5.15. The summed E-state index contributed by atoms with van der Waals surface area (Å²) in [6, 6.07) is 0. The molecule has 0 aliphatic rings. The van der Waals surface area contributed by atoms with Gasteiger partial charge in [-0.1, -0.05) is 0 Å². The number of aliphatic hydroxyl groups excluding tert-OH is 1. The maximum absolute atomic E-state index is 11.0. The second-order valence-corrected chi connectivity index (χ2v) is 2.43. The van der Waals surface area contributed by atoms with E-state index in [2.05, 4.69) is 19.4 Å². The number of rotatable bonds is 4. The first-order valence-electron chi connectivity index (χ1n) is 4.07. The molecule has 0 radical (unpaired) electrons. The van der Waals surface area contributed by atoms with Crippen molar-refractivity contribution in [3.8, 4) is 0 Å². The molecule has 0 saturated heterocycles. The van der Waals surface area contributed by atoms with Crippen LogP contribution in [0.2, 0.25) is 0 Å². The van der Waals surface area contributed by atoms with Gasteiger partial charge in [0.2, 0.25) is 0 Å². The minimum atomic E-state index is -1.05. The Balaban J connectivity index is 2.72. The zero-order chi connectivity index (χ0) is 10.6. The maximum atomic E-state index is 11.0. The monoisotopic (exact) mass is 201 g/mol. The molecule has 0 amide bonds. The quantitative estimate of drug-likeness (QED) is 0.615. The van der Waals surface area contributed by atoms with Crippen molar-refractivity contribution in [1.82, 2.24) is 10.1 Å². The van der Waals surface area contributed by atoms with Crippen LogP contribution in [0.3, 0.4) is 0 Å².